The Labute approximate surface area is 309 Å². The van der Waals surface area contributed by atoms with Gasteiger partial charge in [0.15, 0.2) is 0 Å². The van der Waals surface area contributed by atoms with Crippen molar-refractivity contribution in [1.29, 1.82) is 0 Å². The number of alkyl carbamates (subject to hydrolysis) is 1. The molecular weight excluding hydrogens is 660 g/mol. The van der Waals surface area contributed by atoms with Gasteiger partial charge in [0.25, 0.3) is 0 Å². The molecule has 2 aliphatic rings. The summed E-state index contributed by atoms with van der Waals surface area (Å²) >= 11 is 0. The monoisotopic (exact) mass is 720 g/mol. The van der Waals surface area contributed by atoms with Gasteiger partial charge in [0.05, 0.1) is 37.1 Å². The lowest BCUT2D eigenvalue weighted by atomic mass is 9.83. The largest absolute Gasteiger partial charge is 0.444 e. The minimum absolute atomic E-state index is 0.0457. The number of aliphatic hydroxyl groups excluding tert-OH is 1. The first kappa shape index (κ1) is 40.8. The molecule has 286 valence electrons. The highest BCUT2D eigenvalue weighted by Gasteiger charge is 2.47. The van der Waals surface area contributed by atoms with E-state index in [1.54, 1.807) is 20.8 Å². The quantitative estimate of drug-likeness (QED) is 0.130. The summed E-state index contributed by atoms with van der Waals surface area (Å²) in [5.74, 6) is -0.540. The minimum Gasteiger partial charge on any atom is -0.444 e. The molecule has 0 radical (unpaired) electrons. The average Bonchev–Trinajstić information content (AvgIpc) is 3.85. The highest BCUT2D eigenvalue weighted by atomic mass is 16.6. The van der Waals surface area contributed by atoms with Gasteiger partial charge in [-0.1, -0.05) is 107 Å². The maximum Gasteiger partial charge on any atom is 0.407 e. The Morgan fingerprint density at radius 3 is 2.12 bits per heavy atom. The summed E-state index contributed by atoms with van der Waals surface area (Å²) in [4.78, 5) is 52.6. The molecule has 1 saturated heterocycles. The standard InChI is InChI=1S/C41H60N4O7/c1-27(2)21-33(39(49)42-26-30-19-13-8-14-20-30)44-36(47)24-34(46)31(22-28-15-9-6-10-16-28)43-37(48)25-35-38(51-35)32(23-29-17-11-7-12-18-29)45-40(50)52-41(3,4)5/h7-8,11-14,17-20,27-28,31-35,38,46H,6,9-10,15-16,21-26H2,1-5H3,(H,42,49)(H,43,48)(H,44,47)(H,45,50)/t31?,32-,33-,34+,35?,38?/m0/s1. The molecule has 5 N–H and O–H groups in total. The molecule has 3 unspecified atom stereocenters. The average molecular weight is 721 g/mol. The van der Waals surface area contributed by atoms with Gasteiger partial charge in [0.2, 0.25) is 17.7 Å². The number of aliphatic hydroxyl groups is 1. The summed E-state index contributed by atoms with van der Waals surface area (Å²) < 4.78 is 11.5. The van der Waals surface area contributed by atoms with Crippen LogP contribution >= 0.6 is 0 Å². The van der Waals surface area contributed by atoms with Crippen molar-refractivity contribution in [3.8, 4) is 0 Å². The lowest BCUT2D eigenvalue weighted by molar-refractivity contribution is -0.131. The van der Waals surface area contributed by atoms with E-state index in [0.29, 0.717) is 31.7 Å². The molecule has 1 aliphatic heterocycles. The number of hydrogen-bond acceptors (Lipinski definition) is 7. The molecule has 11 heteroatoms. The number of benzene rings is 2. The van der Waals surface area contributed by atoms with Gasteiger partial charge >= 0.3 is 6.09 Å². The van der Waals surface area contributed by atoms with Gasteiger partial charge < -0.3 is 35.8 Å². The lowest BCUT2D eigenvalue weighted by Crippen LogP contribution is -2.50. The first-order chi connectivity index (χ1) is 24.8. The molecule has 0 aromatic heterocycles. The number of nitrogens with one attached hydrogen (secondary N) is 4. The fourth-order valence-electron chi connectivity index (χ4n) is 6.99. The van der Waals surface area contributed by atoms with E-state index in [1.807, 2.05) is 74.5 Å². The summed E-state index contributed by atoms with van der Waals surface area (Å²) in [5.41, 5.74) is 1.30. The third-order valence-electron chi connectivity index (χ3n) is 9.59. The molecular formula is C41H60N4O7. The third kappa shape index (κ3) is 14.6. The zero-order chi connectivity index (χ0) is 37.7. The van der Waals surface area contributed by atoms with Gasteiger partial charge in [-0.25, -0.2) is 4.79 Å². The Morgan fingerprint density at radius 1 is 0.865 bits per heavy atom. The van der Waals surface area contributed by atoms with Crippen molar-refractivity contribution < 1.29 is 33.8 Å². The van der Waals surface area contributed by atoms with Gasteiger partial charge in [-0.05, 0) is 63.0 Å². The summed E-state index contributed by atoms with van der Waals surface area (Å²) in [6, 6.07) is 17.5. The third-order valence-corrected chi connectivity index (χ3v) is 9.59. The molecule has 4 amide bonds. The molecule has 11 nitrogen and oxygen atoms in total. The van der Waals surface area contributed by atoms with Gasteiger partial charge in [-0.2, -0.15) is 0 Å². The van der Waals surface area contributed by atoms with E-state index in [0.717, 1.165) is 36.8 Å². The van der Waals surface area contributed by atoms with Gasteiger partial charge in [0.1, 0.15) is 17.7 Å². The molecule has 6 atom stereocenters. The Morgan fingerprint density at radius 2 is 1.50 bits per heavy atom. The summed E-state index contributed by atoms with van der Waals surface area (Å²) in [6.45, 7) is 9.72. The number of carbonyl (C=O) groups is 4. The summed E-state index contributed by atoms with van der Waals surface area (Å²) in [7, 11) is 0. The van der Waals surface area contributed by atoms with E-state index in [2.05, 4.69) is 21.3 Å². The molecule has 1 saturated carbocycles. The van der Waals surface area contributed by atoms with Gasteiger partial charge in [-0.15, -0.1) is 0 Å². The molecule has 0 spiro atoms. The van der Waals surface area contributed by atoms with Gasteiger partial charge in [-0.3, -0.25) is 14.4 Å². The fraction of sp³-hybridized carbons (Fsp3) is 0.610. The van der Waals surface area contributed by atoms with Crippen LogP contribution in [-0.2, 0) is 36.8 Å². The number of ether oxygens (including phenoxy) is 2. The van der Waals surface area contributed by atoms with Crippen molar-refractivity contribution in [2.75, 3.05) is 0 Å². The second-order valence-electron chi connectivity index (χ2n) is 15.9. The van der Waals surface area contributed by atoms with E-state index < -0.39 is 54.0 Å². The summed E-state index contributed by atoms with van der Waals surface area (Å²) in [6.07, 6.45) is 4.17. The second kappa shape index (κ2) is 19.8. The molecule has 2 fully saturated rings. The number of carbonyl (C=O) groups excluding carboxylic acids is 4. The van der Waals surface area contributed by atoms with Crippen molar-refractivity contribution in [3.63, 3.8) is 0 Å². The number of rotatable bonds is 18. The highest BCUT2D eigenvalue weighted by molar-refractivity contribution is 5.87. The number of hydrogen-bond donors (Lipinski definition) is 5. The van der Waals surface area contributed by atoms with Crippen molar-refractivity contribution >= 4 is 23.8 Å². The molecule has 1 aliphatic carbocycles. The molecule has 2 aromatic rings. The Hall–Kier alpha value is -3.96. The zero-order valence-corrected chi connectivity index (χ0v) is 31.6. The number of epoxide rings is 1. The lowest BCUT2D eigenvalue weighted by Gasteiger charge is -2.30. The van der Waals surface area contributed by atoms with Crippen molar-refractivity contribution in [2.24, 2.45) is 11.8 Å². The van der Waals surface area contributed by atoms with Crippen LogP contribution < -0.4 is 21.3 Å². The van der Waals surface area contributed by atoms with Gasteiger partial charge in [0, 0.05) is 6.54 Å². The normalized spacial score (nSPS) is 19.8. The van der Waals surface area contributed by atoms with Crippen LogP contribution in [0.15, 0.2) is 60.7 Å². The maximum atomic E-state index is 13.5. The van der Waals surface area contributed by atoms with Crippen LogP contribution in [0.4, 0.5) is 4.79 Å². The molecule has 1 heterocycles. The van der Waals surface area contributed by atoms with E-state index >= 15 is 0 Å². The first-order valence-corrected chi connectivity index (χ1v) is 19.0. The van der Waals surface area contributed by atoms with Crippen LogP contribution in [0, 0.1) is 11.8 Å². The van der Waals surface area contributed by atoms with Crippen LogP contribution in [-0.4, -0.2) is 71.0 Å². The van der Waals surface area contributed by atoms with Crippen LogP contribution in [0.5, 0.6) is 0 Å². The van der Waals surface area contributed by atoms with Crippen LogP contribution in [0.1, 0.15) is 104 Å². The van der Waals surface area contributed by atoms with Crippen molar-refractivity contribution in [1.82, 2.24) is 21.3 Å². The second-order valence-corrected chi connectivity index (χ2v) is 15.9. The highest BCUT2D eigenvalue weighted by Crippen LogP contribution is 2.32. The Kier molecular flexibility index (Phi) is 15.5. The molecule has 2 aromatic carbocycles. The molecule has 4 rings (SSSR count). The first-order valence-electron chi connectivity index (χ1n) is 19.0. The van der Waals surface area contributed by atoms with Crippen LogP contribution in [0.25, 0.3) is 0 Å². The predicted molar refractivity (Wildman–Crippen MR) is 200 cm³/mol. The van der Waals surface area contributed by atoms with Crippen molar-refractivity contribution in [3.05, 3.63) is 71.8 Å². The van der Waals surface area contributed by atoms with Crippen LogP contribution in [0.2, 0.25) is 0 Å². The van der Waals surface area contributed by atoms with Crippen LogP contribution in [0.3, 0.4) is 0 Å². The molecule has 52 heavy (non-hydrogen) atoms. The van der Waals surface area contributed by atoms with E-state index in [9.17, 15) is 24.3 Å². The van der Waals surface area contributed by atoms with E-state index in [4.69, 9.17) is 9.47 Å². The summed E-state index contributed by atoms with van der Waals surface area (Å²) in [5, 5.41) is 23.2. The number of amides is 4. The topological polar surface area (TPSA) is 158 Å². The molecule has 0 bridgehead atoms. The van der Waals surface area contributed by atoms with E-state index in [-0.39, 0.29) is 30.6 Å². The Bertz CT molecular complexity index is 1430. The van der Waals surface area contributed by atoms with Crippen molar-refractivity contribution in [2.45, 2.75) is 147 Å². The SMILES string of the molecule is CC(C)C[C@H](NC(=O)C[C@@H](O)C(CC1CCCCC1)NC(=O)CC1OC1[C@H](Cc1ccccc1)NC(=O)OC(C)(C)C)C(=O)NCc1ccccc1. The smallest absolute Gasteiger partial charge is 0.407 e. The predicted octanol–water partition coefficient (Wildman–Crippen LogP) is 5.33. The fourth-order valence-corrected chi connectivity index (χ4v) is 6.99. The Balaban J connectivity index is 1.36. The maximum absolute atomic E-state index is 13.5. The van der Waals surface area contributed by atoms with E-state index in [1.165, 1.54) is 6.42 Å². The zero-order valence-electron chi connectivity index (χ0n) is 31.6. The minimum atomic E-state index is -1.14.